The molecule has 2 amide bonds. The van der Waals surface area contributed by atoms with Crippen LogP contribution in [0.25, 0.3) is 0 Å². The van der Waals surface area contributed by atoms with Gasteiger partial charge in [0.1, 0.15) is 0 Å². The summed E-state index contributed by atoms with van der Waals surface area (Å²) in [5.74, 6) is -0.613. The normalized spacial score (nSPS) is 19.5. The molecule has 0 unspecified atom stereocenters. The van der Waals surface area contributed by atoms with Gasteiger partial charge in [-0.1, -0.05) is 0 Å². The molecule has 0 aromatic heterocycles. The molecule has 4 nitrogen and oxygen atoms in total. The number of hydrogen-bond acceptors (Lipinski definition) is 2. The molecule has 0 aliphatic carbocycles. The molecule has 0 saturated heterocycles. The van der Waals surface area contributed by atoms with Crippen LogP contribution in [0.5, 0.6) is 0 Å². The van der Waals surface area contributed by atoms with Crippen LogP contribution in [0.4, 0.5) is 20.2 Å². The number of hydrogen-bond donors (Lipinski definition) is 0. The first-order chi connectivity index (χ1) is 15.1. The second-order valence-corrected chi connectivity index (χ2v) is 11.1. The molecule has 2 aromatic rings. The fourth-order valence-electron chi connectivity index (χ4n) is 3.96. The summed E-state index contributed by atoms with van der Waals surface area (Å²) in [6, 6.07) is 3.66. The van der Waals surface area contributed by atoms with E-state index in [1.54, 1.807) is 21.9 Å². The van der Waals surface area contributed by atoms with Crippen LogP contribution in [0, 0.1) is 11.6 Å². The molecule has 0 radical (unpaired) electrons. The van der Waals surface area contributed by atoms with E-state index in [2.05, 4.69) is 63.7 Å². The highest BCUT2D eigenvalue weighted by Gasteiger charge is 2.28. The van der Waals surface area contributed by atoms with E-state index < -0.39 is 0 Å². The molecule has 0 spiro atoms. The lowest BCUT2D eigenvalue weighted by atomic mass is 9.97. The van der Waals surface area contributed by atoms with Crippen molar-refractivity contribution < 1.29 is 18.4 Å². The van der Waals surface area contributed by atoms with E-state index in [0.29, 0.717) is 17.9 Å². The van der Waals surface area contributed by atoms with Crippen LogP contribution in [0.1, 0.15) is 37.8 Å². The maximum absolute atomic E-state index is 13.6. The highest BCUT2D eigenvalue weighted by molar-refractivity contribution is 9.11. The van der Waals surface area contributed by atoms with Gasteiger partial charge in [-0.05, 0) is 127 Å². The topological polar surface area (TPSA) is 40.6 Å². The van der Waals surface area contributed by atoms with Crippen LogP contribution in [-0.2, 0) is 22.4 Å². The predicted octanol–water partition coefficient (Wildman–Crippen LogP) is 7.30. The van der Waals surface area contributed by atoms with Crippen LogP contribution in [0.2, 0.25) is 0 Å². The zero-order valence-corrected chi connectivity index (χ0v) is 23.6. The standard InChI is InChI=1S/2C11H10Br2FNO/c2*1-6-2-3-7-9(15(6)5-16)4-8(12)11(14)10(7)13/h2*4-6H,2-3H2,1H3/t2*6-/m00/s1. The van der Waals surface area contributed by atoms with Crippen LogP contribution in [-0.4, -0.2) is 24.9 Å². The van der Waals surface area contributed by atoms with Gasteiger partial charge >= 0.3 is 0 Å². The van der Waals surface area contributed by atoms with E-state index in [0.717, 1.165) is 61.0 Å². The second-order valence-electron chi connectivity index (χ2n) is 7.77. The molecule has 2 heterocycles. The largest absolute Gasteiger partial charge is 0.312 e. The molecular formula is C22H20Br4F2N2O2. The smallest absolute Gasteiger partial charge is 0.214 e. The third-order valence-corrected chi connectivity index (χ3v) is 8.64. The number of anilines is 2. The van der Waals surface area contributed by atoms with E-state index in [9.17, 15) is 18.4 Å². The molecule has 0 fully saturated rings. The van der Waals surface area contributed by atoms with Crippen molar-refractivity contribution in [2.75, 3.05) is 9.80 Å². The van der Waals surface area contributed by atoms with Crippen molar-refractivity contribution >= 4 is 87.9 Å². The first-order valence-electron chi connectivity index (χ1n) is 9.92. The Hall–Kier alpha value is -0.840. The maximum atomic E-state index is 13.6. The fourth-order valence-corrected chi connectivity index (χ4v) is 6.55. The first kappa shape index (κ1) is 25.8. The number of halogens is 6. The monoisotopic (exact) mass is 698 g/mol. The fraction of sp³-hybridized carbons (Fsp3) is 0.364. The summed E-state index contributed by atoms with van der Waals surface area (Å²) in [6.45, 7) is 3.98. The summed E-state index contributed by atoms with van der Waals surface area (Å²) in [4.78, 5) is 25.4. The van der Waals surface area contributed by atoms with Gasteiger partial charge in [0.2, 0.25) is 12.8 Å². The van der Waals surface area contributed by atoms with Crippen molar-refractivity contribution in [3.05, 3.63) is 52.8 Å². The van der Waals surface area contributed by atoms with Crippen LogP contribution >= 0.6 is 63.7 Å². The van der Waals surface area contributed by atoms with Gasteiger partial charge in [-0.2, -0.15) is 0 Å². The molecule has 0 N–H and O–H groups in total. The first-order valence-corrected chi connectivity index (χ1v) is 13.1. The Bertz CT molecular complexity index is 984. The number of carbonyl (C=O) groups is 2. The molecule has 2 aromatic carbocycles. The van der Waals surface area contributed by atoms with Crippen molar-refractivity contribution in [3.8, 4) is 0 Å². The van der Waals surface area contributed by atoms with Crippen molar-refractivity contribution in [2.45, 2.75) is 51.6 Å². The third kappa shape index (κ3) is 4.83. The molecule has 2 aliphatic heterocycles. The molecule has 0 saturated carbocycles. The van der Waals surface area contributed by atoms with Gasteiger partial charge < -0.3 is 9.80 Å². The molecule has 0 bridgehead atoms. The molecule has 32 heavy (non-hydrogen) atoms. The Morgan fingerprint density at radius 2 is 1.12 bits per heavy atom. The van der Waals surface area contributed by atoms with Gasteiger partial charge in [-0.3, -0.25) is 9.59 Å². The van der Waals surface area contributed by atoms with Crippen molar-refractivity contribution in [1.29, 1.82) is 0 Å². The quantitative estimate of drug-likeness (QED) is 0.244. The van der Waals surface area contributed by atoms with E-state index in [1.807, 2.05) is 13.8 Å². The molecule has 10 heteroatoms. The average Bonchev–Trinajstić information content (AvgIpc) is 2.76. The van der Waals surface area contributed by atoms with Gasteiger partial charge in [0, 0.05) is 23.5 Å². The third-order valence-electron chi connectivity index (χ3n) is 5.84. The highest BCUT2D eigenvalue weighted by Crippen LogP contribution is 2.40. The lowest BCUT2D eigenvalue weighted by Crippen LogP contribution is -2.36. The lowest BCUT2D eigenvalue weighted by molar-refractivity contribution is -0.108. The molecular weight excluding hydrogens is 682 g/mol. The van der Waals surface area contributed by atoms with Gasteiger partial charge in [-0.25, -0.2) is 8.78 Å². The molecule has 172 valence electrons. The summed E-state index contributed by atoms with van der Waals surface area (Å²) in [7, 11) is 0. The van der Waals surface area contributed by atoms with Crippen molar-refractivity contribution in [3.63, 3.8) is 0 Å². The lowest BCUT2D eigenvalue weighted by Gasteiger charge is -2.33. The van der Waals surface area contributed by atoms with Gasteiger partial charge in [0.05, 0.1) is 17.9 Å². The van der Waals surface area contributed by atoms with E-state index in [-0.39, 0.29) is 23.7 Å². The molecule has 2 aliphatic rings. The SMILES string of the molecule is C[C@H]1CCc2c(cc(Br)c(F)c2Br)N1C=O.C[C@H]1CCc2c(cc(Br)c(F)c2Br)N1C=O. The second kappa shape index (κ2) is 10.6. The Balaban J connectivity index is 0.000000181. The van der Waals surface area contributed by atoms with Crippen LogP contribution < -0.4 is 9.80 Å². The van der Waals surface area contributed by atoms with Crippen LogP contribution in [0.3, 0.4) is 0 Å². The summed E-state index contributed by atoms with van der Waals surface area (Å²) < 4.78 is 28.9. The summed E-state index contributed by atoms with van der Waals surface area (Å²) >= 11 is 12.8. The summed E-state index contributed by atoms with van der Waals surface area (Å²) in [5, 5.41) is 0. The molecule has 4 rings (SSSR count). The average molecular weight is 702 g/mol. The van der Waals surface area contributed by atoms with Gasteiger partial charge in [-0.15, -0.1) is 0 Å². The van der Waals surface area contributed by atoms with Gasteiger partial charge in [0.25, 0.3) is 0 Å². The minimum absolute atomic E-state index is 0.161. The van der Waals surface area contributed by atoms with Crippen LogP contribution in [0.15, 0.2) is 30.0 Å². The zero-order valence-electron chi connectivity index (χ0n) is 17.3. The van der Waals surface area contributed by atoms with Crippen molar-refractivity contribution in [1.82, 2.24) is 0 Å². The van der Waals surface area contributed by atoms with Crippen molar-refractivity contribution in [2.24, 2.45) is 0 Å². The Kier molecular flexibility index (Phi) is 8.55. The summed E-state index contributed by atoms with van der Waals surface area (Å²) in [6.07, 6.45) is 4.88. The minimum Gasteiger partial charge on any atom is -0.312 e. The number of nitrogens with zero attached hydrogens (tertiary/aromatic N) is 2. The summed E-state index contributed by atoms with van der Waals surface area (Å²) in [5.41, 5.74) is 3.31. The zero-order chi connectivity index (χ0) is 23.7. The number of fused-ring (bicyclic) bond motifs is 2. The van der Waals surface area contributed by atoms with Gasteiger partial charge in [0.15, 0.2) is 11.6 Å². The number of benzene rings is 2. The Morgan fingerprint density at radius 1 is 0.781 bits per heavy atom. The highest BCUT2D eigenvalue weighted by atomic mass is 79.9. The molecule has 2 atom stereocenters. The maximum Gasteiger partial charge on any atom is 0.214 e. The van der Waals surface area contributed by atoms with E-state index >= 15 is 0 Å². The minimum atomic E-state index is -0.306. The Labute approximate surface area is 219 Å². The Morgan fingerprint density at radius 3 is 1.44 bits per heavy atom. The number of carbonyl (C=O) groups excluding carboxylic acids is 2. The van der Waals surface area contributed by atoms with E-state index in [1.165, 1.54) is 0 Å². The van der Waals surface area contributed by atoms with E-state index in [4.69, 9.17) is 0 Å². The number of amides is 2. The number of rotatable bonds is 2. The predicted molar refractivity (Wildman–Crippen MR) is 136 cm³/mol.